The Balaban J connectivity index is 3.20. The van der Waals surface area contributed by atoms with E-state index >= 15 is 0 Å². The van der Waals surface area contributed by atoms with E-state index in [1.54, 1.807) is 7.11 Å². The van der Waals surface area contributed by atoms with Crippen molar-refractivity contribution in [1.82, 2.24) is 10.8 Å². The Morgan fingerprint density at radius 1 is 1.42 bits per heavy atom. The average molecular weight is 176 g/mol. The van der Waals surface area contributed by atoms with Gasteiger partial charge in [-0.05, 0) is 13.8 Å². The third-order valence-corrected chi connectivity index (χ3v) is 0.974. The van der Waals surface area contributed by atoms with Gasteiger partial charge in [0.2, 0.25) is 0 Å². The second-order valence-electron chi connectivity index (χ2n) is 2.57. The fourth-order valence-electron chi connectivity index (χ4n) is 0.533. The Morgan fingerprint density at radius 3 is 2.58 bits per heavy atom. The molecule has 0 heterocycles. The van der Waals surface area contributed by atoms with E-state index in [1.165, 1.54) is 0 Å². The van der Waals surface area contributed by atoms with Crippen LogP contribution in [0.2, 0.25) is 0 Å². The number of urea groups is 1. The Bertz CT molecular complexity index is 128. The highest BCUT2D eigenvalue weighted by Gasteiger charge is 2.00. The molecule has 0 rings (SSSR count). The normalized spacial score (nSPS) is 10.0. The van der Waals surface area contributed by atoms with E-state index in [2.05, 4.69) is 10.8 Å². The highest BCUT2D eigenvalue weighted by molar-refractivity contribution is 5.72. The molecule has 72 valence electrons. The van der Waals surface area contributed by atoms with Gasteiger partial charge in [-0.15, -0.1) is 0 Å². The number of hydrogen-bond donors (Lipinski definition) is 2. The van der Waals surface area contributed by atoms with Crippen LogP contribution in [0.1, 0.15) is 13.8 Å². The van der Waals surface area contributed by atoms with E-state index in [1.807, 2.05) is 13.8 Å². The van der Waals surface area contributed by atoms with E-state index in [9.17, 15) is 4.79 Å². The van der Waals surface area contributed by atoms with Crippen LogP contribution in [0.3, 0.4) is 0 Å². The highest BCUT2D eigenvalue weighted by atomic mass is 16.7. The molecule has 0 aliphatic heterocycles. The number of hydroxylamine groups is 1. The second-order valence-corrected chi connectivity index (χ2v) is 2.57. The molecule has 0 radical (unpaired) electrons. The second kappa shape index (κ2) is 6.87. The van der Waals surface area contributed by atoms with Crippen LogP contribution in [0.15, 0.2) is 0 Å². The molecule has 0 aliphatic carbocycles. The summed E-state index contributed by atoms with van der Waals surface area (Å²) in [6.45, 7) is 4.55. The monoisotopic (exact) mass is 176 g/mol. The van der Waals surface area contributed by atoms with Crippen molar-refractivity contribution in [1.29, 1.82) is 0 Å². The molecule has 12 heavy (non-hydrogen) atoms. The van der Waals surface area contributed by atoms with Gasteiger partial charge in [0.1, 0.15) is 0 Å². The molecule has 0 atom stereocenters. The first-order chi connectivity index (χ1) is 5.66. The summed E-state index contributed by atoms with van der Waals surface area (Å²) in [5.74, 6) is 0. The van der Waals surface area contributed by atoms with Crippen LogP contribution in [-0.2, 0) is 9.57 Å². The number of ether oxygens (including phenoxy) is 1. The molecule has 5 heteroatoms. The number of carbonyl (C=O) groups is 1. The molecule has 0 aromatic rings. The van der Waals surface area contributed by atoms with Crippen molar-refractivity contribution in [3.63, 3.8) is 0 Å². The van der Waals surface area contributed by atoms with Crippen LogP contribution in [0.5, 0.6) is 0 Å². The zero-order chi connectivity index (χ0) is 9.40. The van der Waals surface area contributed by atoms with Crippen molar-refractivity contribution in [2.75, 3.05) is 20.3 Å². The Hall–Kier alpha value is -0.810. The van der Waals surface area contributed by atoms with E-state index in [4.69, 9.17) is 9.57 Å². The zero-order valence-corrected chi connectivity index (χ0v) is 7.72. The summed E-state index contributed by atoms with van der Waals surface area (Å²) in [7, 11) is 1.57. The summed E-state index contributed by atoms with van der Waals surface area (Å²) >= 11 is 0. The van der Waals surface area contributed by atoms with E-state index < -0.39 is 0 Å². The standard InChI is InChI=1S/C7H16N2O3/c1-6(2)8-7(10)9-12-5-4-11-3/h6H,4-5H2,1-3H3,(H2,8,9,10). The van der Waals surface area contributed by atoms with Gasteiger partial charge >= 0.3 is 6.03 Å². The summed E-state index contributed by atoms with van der Waals surface area (Å²) in [6, 6.07) is -0.225. The number of nitrogens with one attached hydrogen (secondary N) is 2. The summed E-state index contributed by atoms with van der Waals surface area (Å²) in [5, 5.41) is 2.60. The minimum absolute atomic E-state index is 0.107. The maximum Gasteiger partial charge on any atom is 0.338 e. The van der Waals surface area contributed by atoms with Gasteiger partial charge in [0.15, 0.2) is 0 Å². The molecule has 0 bridgehead atoms. The number of rotatable bonds is 5. The number of hydrogen-bond acceptors (Lipinski definition) is 3. The van der Waals surface area contributed by atoms with Crippen LogP contribution in [-0.4, -0.2) is 32.4 Å². The topological polar surface area (TPSA) is 59.6 Å². The molecule has 0 saturated carbocycles. The lowest BCUT2D eigenvalue weighted by atomic mass is 10.4. The van der Waals surface area contributed by atoms with Crippen LogP contribution < -0.4 is 10.8 Å². The first-order valence-corrected chi connectivity index (χ1v) is 3.84. The third kappa shape index (κ3) is 7.30. The smallest absolute Gasteiger partial charge is 0.338 e. The van der Waals surface area contributed by atoms with Gasteiger partial charge < -0.3 is 10.1 Å². The van der Waals surface area contributed by atoms with Gasteiger partial charge in [0, 0.05) is 13.2 Å². The fraction of sp³-hybridized carbons (Fsp3) is 0.857. The Kier molecular flexibility index (Phi) is 6.41. The third-order valence-electron chi connectivity index (χ3n) is 0.974. The largest absolute Gasteiger partial charge is 0.382 e. The lowest BCUT2D eigenvalue weighted by Crippen LogP contribution is -2.39. The average Bonchev–Trinajstić information content (AvgIpc) is 1.97. The summed E-state index contributed by atoms with van der Waals surface area (Å²) in [5.41, 5.74) is 2.22. The molecule has 0 aliphatic rings. The first kappa shape index (κ1) is 11.2. The number of carbonyl (C=O) groups excluding carboxylic acids is 1. The van der Waals surface area contributed by atoms with Crippen molar-refractivity contribution in [3.05, 3.63) is 0 Å². The van der Waals surface area contributed by atoms with Crippen LogP contribution in [0.4, 0.5) is 4.79 Å². The fourth-order valence-corrected chi connectivity index (χ4v) is 0.533. The Labute approximate surface area is 72.4 Å². The molecular weight excluding hydrogens is 160 g/mol. The zero-order valence-electron chi connectivity index (χ0n) is 7.72. The van der Waals surface area contributed by atoms with Gasteiger partial charge in [-0.3, -0.25) is 4.84 Å². The van der Waals surface area contributed by atoms with Crippen LogP contribution >= 0.6 is 0 Å². The lowest BCUT2D eigenvalue weighted by molar-refractivity contribution is 0.0238. The van der Waals surface area contributed by atoms with Gasteiger partial charge in [-0.1, -0.05) is 0 Å². The van der Waals surface area contributed by atoms with Crippen molar-refractivity contribution in [2.45, 2.75) is 19.9 Å². The van der Waals surface area contributed by atoms with Crippen molar-refractivity contribution >= 4 is 6.03 Å². The van der Waals surface area contributed by atoms with Crippen molar-refractivity contribution < 1.29 is 14.4 Å². The highest BCUT2D eigenvalue weighted by Crippen LogP contribution is 1.76. The first-order valence-electron chi connectivity index (χ1n) is 3.84. The molecule has 5 nitrogen and oxygen atoms in total. The molecular formula is C7H16N2O3. The molecule has 0 aromatic carbocycles. The van der Waals surface area contributed by atoms with Crippen LogP contribution in [0, 0.1) is 0 Å². The molecule has 0 aromatic heterocycles. The number of amides is 2. The summed E-state index contributed by atoms with van der Waals surface area (Å²) in [6.07, 6.45) is 0. The molecule has 2 N–H and O–H groups in total. The summed E-state index contributed by atoms with van der Waals surface area (Å²) in [4.78, 5) is 15.6. The van der Waals surface area contributed by atoms with E-state index in [-0.39, 0.29) is 12.1 Å². The minimum Gasteiger partial charge on any atom is -0.382 e. The lowest BCUT2D eigenvalue weighted by Gasteiger charge is -2.09. The maximum atomic E-state index is 10.8. The molecule has 0 saturated heterocycles. The summed E-state index contributed by atoms with van der Waals surface area (Å²) < 4.78 is 4.71. The van der Waals surface area contributed by atoms with E-state index in [0.717, 1.165) is 0 Å². The van der Waals surface area contributed by atoms with E-state index in [0.29, 0.717) is 13.2 Å². The predicted molar refractivity (Wildman–Crippen MR) is 44.6 cm³/mol. The maximum absolute atomic E-state index is 10.8. The molecule has 2 amide bonds. The van der Waals surface area contributed by atoms with Crippen molar-refractivity contribution in [2.24, 2.45) is 0 Å². The molecule has 0 fully saturated rings. The molecule has 0 spiro atoms. The molecule has 0 unspecified atom stereocenters. The minimum atomic E-state index is -0.332. The quantitative estimate of drug-likeness (QED) is 0.467. The predicted octanol–water partition coefficient (Wildman–Crippen LogP) is 0.272. The Morgan fingerprint density at radius 2 is 2.08 bits per heavy atom. The number of methoxy groups -OCH3 is 1. The van der Waals surface area contributed by atoms with Gasteiger partial charge in [-0.2, -0.15) is 0 Å². The van der Waals surface area contributed by atoms with Crippen molar-refractivity contribution in [3.8, 4) is 0 Å². The SMILES string of the molecule is COCCONC(=O)NC(C)C. The van der Waals surface area contributed by atoms with Gasteiger partial charge in [0.25, 0.3) is 0 Å². The van der Waals surface area contributed by atoms with Gasteiger partial charge in [-0.25, -0.2) is 10.3 Å². The van der Waals surface area contributed by atoms with Gasteiger partial charge in [0.05, 0.1) is 13.2 Å². The van der Waals surface area contributed by atoms with Crippen LogP contribution in [0.25, 0.3) is 0 Å².